The van der Waals surface area contributed by atoms with Crippen molar-refractivity contribution in [3.63, 3.8) is 0 Å². The molecule has 0 radical (unpaired) electrons. The van der Waals surface area contributed by atoms with E-state index in [2.05, 4.69) is 11.6 Å². The van der Waals surface area contributed by atoms with Crippen molar-refractivity contribution in [2.24, 2.45) is 11.8 Å². The number of rotatable bonds is 5. The Bertz CT molecular complexity index is 750. The van der Waals surface area contributed by atoms with Gasteiger partial charge in [-0.15, -0.1) is 6.58 Å². The topological polar surface area (TPSA) is 50.2 Å². The third-order valence-electron chi connectivity index (χ3n) is 5.26. The van der Waals surface area contributed by atoms with E-state index in [1.165, 1.54) is 6.07 Å². The van der Waals surface area contributed by atoms with Crippen LogP contribution < -0.4 is 0 Å². The molecular formula is C20H22FNO2. The van der Waals surface area contributed by atoms with Crippen molar-refractivity contribution in [1.82, 2.24) is 4.98 Å². The SMILES string of the molecule is C=CCC(C(=O)O)[C@H]1CC[C@@H](c2ccnc3ccc(F)cc32)CC1. The fourth-order valence-corrected chi connectivity index (χ4v) is 4.00. The molecule has 0 saturated heterocycles. The molecule has 0 spiro atoms. The van der Waals surface area contributed by atoms with E-state index in [0.717, 1.165) is 42.1 Å². The third kappa shape index (κ3) is 3.32. The Balaban J connectivity index is 1.79. The molecule has 126 valence electrons. The van der Waals surface area contributed by atoms with Gasteiger partial charge in [-0.3, -0.25) is 9.78 Å². The van der Waals surface area contributed by atoms with Crippen LogP contribution in [0.2, 0.25) is 0 Å². The smallest absolute Gasteiger partial charge is 0.307 e. The van der Waals surface area contributed by atoms with Gasteiger partial charge in [0.25, 0.3) is 0 Å². The fourth-order valence-electron chi connectivity index (χ4n) is 4.00. The summed E-state index contributed by atoms with van der Waals surface area (Å²) in [4.78, 5) is 15.8. The number of halogens is 1. The molecule has 0 aliphatic heterocycles. The van der Waals surface area contributed by atoms with Gasteiger partial charge in [0.05, 0.1) is 11.4 Å². The largest absolute Gasteiger partial charge is 0.481 e. The molecule has 1 aromatic carbocycles. The van der Waals surface area contributed by atoms with E-state index in [-0.39, 0.29) is 17.7 Å². The molecule has 1 unspecified atom stereocenters. The highest BCUT2D eigenvalue weighted by Crippen LogP contribution is 2.41. The molecule has 1 atom stereocenters. The number of fused-ring (bicyclic) bond motifs is 1. The second-order valence-electron chi connectivity index (χ2n) is 6.64. The van der Waals surface area contributed by atoms with Gasteiger partial charge in [-0.25, -0.2) is 4.39 Å². The first kappa shape index (κ1) is 16.6. The highest BCUT2D eigenvalue weighted by atomic mass is 19.1. The van der Waals surface area contributed by atoms with Crippen LogP contribution in [0.15, 0.2) is 43.1 Å². The lowest BCUT2D eigenvalue weighted by Gasteiger charge is -2.32. The van der Waals surface area contributed by atoms with Crippen LogP contribution in [0.4, 0.5) is 4.39 Å². The van der Waals surface area contributed by atoms with Crippen LogP contribution in [-0.4, -0.2) is 16.1 Å². The van der Waals surface area contributed by atoms with Crippen LogP contribution in [0.5, 0.6) is 0 Å². The molecular weight excluding hydrogens is 305 g/mol. The summed E-state index contributed by atoms with van der Waals surface area (Å²) in [5.41, 5.74) is 1.94. The monoisotopic (exact) mass is 327 g/mol. The van der Waals surface area contributed by atoms with E-state index in [1.54, 1.807) is 24.4 Å². The number of hydrogen-bond acceptors (Lipinski definition) is 2. The fraction of sp³-hybridized carbons (Fsp3) is 0.400. The van der Waals surface area contributed by atoms with Gasteiger partial charge >= 0.3 is 5.97 Å². The van der Waals surface area contributed by atoms with Crippen LogP contribution in [0.3, 0.4) is 0 Å². The second-order valence-corrected chi connectivity index (χ2v) is 6.64. The summed E-state index contributed by atoms with van der Waals surface area (Å²) >= 11 is 0. The van der Waals surface area contributed by atoms with Gasteiger partial charge in [-0.1, -0.05) is 6.08 Å². The zero-order valence-electron chi connectivity index (χ0n) is 13.6. The van der Waals surface area contributed by atoms with Crippen molar-refractivity contribution in [3.05, 3.63) is 54.5 Å². The molecule has 24 heavy (non-hydrogen) atoms. The Labute approximate surface area is 141 Å². The number of pyridine rings is 1. The summed E-state index contributed by atoms with van der Waals surface area (Å²) in [5.74, 6) is -0.777. The van der Waals surface area contributed by atoms with Gasteiger partial charge in [0.15, 0.2) is 0 Å². The number of hydrogen-bond donors (Lipinski definition) is 1. The van der Waals surface area contributed by atoms with Gasteiger partial charge in [0, 0.05) is 11.6 Å². The third-order valence-corrected chi connectivity index (χ3v) is 5.26. The molecule has 1 aliphatic rings. The Morgan fingerprint density at radius 2 is 2.08 bits per heavy atom. The maximum Gasteiger partial charge on any atom is 0.307 e. The lowest BCUT2D eigenvalue weighted by atomic mass is 9.72. The van der Waals surface area contributed by atoms with Crippen LogP contribution in [0.1, 0.15) is 43.6 Å². The number of allylic oxidation sites excluding steroid dienone is 1. The normalized spacial score (nSPS) is 22.2. The standard InChI is InChI=1S/C20H22FNO2/c1-2-3-17(20(23)24)14-6-4-13(5-7-14)16-10-11-22-19-9-8-15(21)12-18(16)19/h2,8-14,17H,1,3-7H2,(H,23,24)/t13-,14+,17?. The van der Waals surface area contributed by atoms with Crippen LogP contribution in [0, 0.1) is 17.7 Å². The molecule has 2 aromatic rings. The zero-order chi connectivity index (χ0) is 17.1. The Kier molecular flexibility index (Phi) is 4.93. The molecule has 1 fully saturated rings. The quantitative estimate of drug-likeness (QED) is 0.793. The van der Waals surface area contributed by atoms with Crippen molar-refractivity contribution in [2.45, 2.75) is 38.0 Å². The number of nitrogens with zero attached hydrogens (tertiary/aromatic N) is 1. The van der Waals surface area contributed by atoms with Crippen molar-refractivity contribution < 1.29 is 14.3 Å². The minimum absolute atomic E-state index is 0.196. The van der Waals surface area contributed by atoms with E-state index in [4.69, 9.17) is 0 Å². The summed E-state index contributed by atoms with van der Waals surface area (Å²) in [5, 5.41) is 10.3. The molecule has 4 heteroatoms. The average molecular weight is 327 g/mol. The summed E-state index contributed by atoms with van der Waals surface area (Å²) in [7, 11) is 0. The van der Waals surface area contributed by atoms with Gasteiger partial charge in [0.1, 0.15) is 5.82 Å². The number of carboxylic acid groups (broad SMARTS) is 1. The number of carboxylic acids is 1. The number of benzene rings is 1. The van der Waals surface area contributed by atoms with Crippen LogP contribution in [-0.2, 0) is 4.79 Å². The number of aliphatic carboxylic acids is 1. The van der Waals surface area contributed by atoms with Crippen molar-refractivity contribution in [3.8, 4) is 0 Å². The molecule has 0 amide bonds. The minimum atomic E-state index is -0.727. The van der Waals surface area contributed by atoms with Gasteiger partial charge in [-0.05, 0) is 73.8 Å². The van der Waals surface area contributed by atoms with Crippen molar-refractivity contribution >= 4 is 16.9 Å². The molecule has 1 aromatic heterocycles. The first-order valence-electron chi connectivity index (χ1n) is 8.48. The molecule has 3 nitrogen and oxygen atoms in total. The minimum Gasteiger partial charge on any atom is -0.481 e. The first-order valence-corrected chi connectivity index (χ1v) is 8.48. The zero-order valence-corrected chi connectivity index (χ0v) is 13.6. The second kappa shape index (κ2) is 7.12. The predicted octanol–water partition coefficient (Wildman–Crippen LogP) is 4.92. The Morgan fingerprint density at radius 1 is 1.33 bits per heavy atom. The van der Waals surface area contributed by atoms with E-state index in [9.17, 15) is 14.3 Å². The first-order chi connectivity index (χ1) is 11.6. The molecule has 1 N–H and O–H groups in total. The molecule has 1 saturated carbocycles. The van der Waals surface area contributed by atoms with Crippen molar-refractivity contribution in [2.75, 3.05) is 0 Å². The number of carbonyl (C=O) groups is 1. The maximum atomic E-state index is 13.6. The molecule has 1 aliphatic carbocycles. The van der Waals surface area contributed by atoms with E-state index >= 15 is 0 Å². The highest BCUT2D eigenvalue weighted by molar-refractivity contribution is 5.82. The van der Waals surface area contributed by atoms with Gasteiger partial charge in [0.2, 0.25) is 0 Å². The van der Waals surface area contributed by atoms with Gasteiger partial charge < -0.3 is 5.11 Å². The van der Waals surface area contributed by atoms with Crippen LogP contribution >= 0.6 is 0 Å². The lowest BCUT2D eigenvalue weighted by Crippen LogP contribution is -2.27. The van der Waals surface area contributed by atoms with Crippen molar-refractivity contribution in [1.29, 1.82) is 0 Å². The predicted molar refractivity (Wildman–Crippen MR) is 92.3 cm³/mol. The molecule has 3 rings (SSSR count). The summed E-state index contributed by atoms with van der Waals surface area (Å²) in [6.45, 7) is 3.68. The molecule has 0 bridgehead atoms. The van der Waals surface area contributed by atoms with Crippen LogP contribution in [0.25, 0.3) is 10.9 Å². The lowest BCUT2D eigenvalue weighted by molar-refractivity contribution is -0.144. The summed E-state index contributed by atoms with van der Waals surface area (Å²) < 4.78 is 13.6. The Morgan fingerprint density at radius 3 is 2.75 bits per heavy atom. The van der Waals surface area contributed by atoms with E-state index in [1.807, 2.05) is 6.07 Å². The number of aromatic nitrogens is 1. The Hall–Kier alpha value is -2.23. The van der Waals surface area contributed by atoms with Gasteiger partial charge in [-0.2, -0.15) is 0 Å². The highest BCUT2D eigenvalue weighted by Gasteiger charge is 2.32. The average Bonchev–Trinajstić information content (AvgIpc) is 2.59. The van der Waals surface area contributed by atoms with E-state index < -0.39 is 5.97 Å². The molecule has 1 heterocycles. The summed E-state index contributed by atoms with van der Waals surface area (Å²) in [6.07, 6.45) is 7.63. The van der Waals surface area contributed by atoms with E-state index in [0.29, 0.717) is 12.3 Å². The summed E-state index contributed by atoms with van der Waals surface area (Å²) in [6, 6.07) is 6.68. The maximum absolute atomic E-state index is 13.6.